The molecular formula is C23H25F3N2O. The van der Waals surface area contributed by atoms with Crippen LogP contribution in [0.4, 0.5) is 13.2 Å². The average Bonchev–Trinajstić information content (AvgIpc) is 3.53. The van der Waals surface area contributed by atoms with E-state index in [1.54, 1.807) is 0 Å². The lowest BCUT2D eigenvalue weighted by Gasteiger charge is -2.42. The highest BCUT2D eigenvalue weighted by atomic mass is 19.4. The molecule has 4 rings (SSSR count). The van der Waals surface area contributed by atoms with Gasteiger partial charge in [-0.05, 0) is 74.5 Å². The van der Waals surface area contributed by atoms with Gasteiger partial charge in [0, 0.05) is 12.1 Å². The Morgan fingerprint density at radius 1 is 1.14 bits per heavy atom. The zero-order valence-corrected chi connectivity index (χ0v) is 16.4. The first-order chi connectivity index (χ1) is 13.8. The van der Waals surface area contributed by atoms with Gasteiger partial charge in [0.25, 0.3) is 5.91 Å². The normalized spacial score (nSPS) is 23.0. The first-order valence-electron chi connectivity index (χ1n) is 10.1. The van der Waals surface area contributed by atoms with Gasteiger partial charge in [0.15, 0.2) is 0 Å². The summed E-state index contributed by atoms with van der Waals surface area (Å²) in [6.07, 6.45) is -1.01. The van der Waals surface area contributed by atoms with Gasteiger partial charge in [0.1, 0.15) is 0 Å². The number of likely N-dealkylation sites (N-methyl/N-ethyl adjacent to an activating group) is 1. The highest BCUT2D eigenvalue weighted by Gasteiger charge is 2.39. The van der Waals surface area contributed by atoms with Gasteiger partial charge in [-0.1, -0.05) is 30.3 Å². The van der Waals surface area contributed by atoms with Gasteiger partial charge in [-0.15, -0.1) is 0 Å². The van der Waals surface area contributed by atoms with Crippen LogP contribution in [0.2, 0.25) is 0 Å². The minimum Gasteiger partial charge on any atom is -0.341 e. The lowest BCUT2D eigenvalue weighted by molar-refractivity contribution is -0.137. The number of nitrogens with zero attached hydrogens (tertiary/aromatic N) is 1. The van der Waals surface area contributed by atoms with Crippen molar-refractivity contribution in [3.05, 3.63) is 70.8 Å². The molecular weight excluding hydrogens is 377 g/mol. The Bertz CT molecular complexity index is 893. The van der Waals surface area contributed by atoms with Crippen LogP contribution in [-0.2, 0) is 11.7 Å². The van der Waals surface area contributed by atoms with Crippen molar-refractivity contribution < 1.29 is 18.0 Å². The molecule has 2 fully saturated rings. The Morgan fingerprint density at radius 3 is 2.48 bits per heavy atom. The van der Waals surface area contributed by atoms with E-state index in [1.807, 2.05) is 37.4 Å². The first-order valence-corrected chi connectivity index (χ1v) is 10.1. The van der Waals surface area contributed by atoms with Crippen LogP contribution < -0.4 is 5.32 Å². The summed E-state index contributed by atoms with van der Waals surface area (Å²) in [5.74, 6) is -0.250. The van der Waals surface area contributed by atoms with Crippen molar-refractivity contribution in [3.63, 3.8) is 0 Å². The third-order valence-corrected chi connectivity index (χ3v) is 6.00. The van der Waals surface area contributed by atoms with E-state index in [0.717, 1.165) is 49.9 Å². The van der Waals surface area contributed by atoms with Gasteiger partial charge in [-0.25, -0.2) is 0 Å². The molecule has 1 saturated carbocycles. The van der Waals surface area contributed by atoms with Crippen molar-refractivity contribution >= 4 is 5.91 Å². The van der Waals surface area contributed by atoms with Crippen molar-refractivity contribution in [2.75, 3.05) is 20.1 Å². The van der Waals surface area contributed by atoms with E-state index in [4.69, 9.17) is 0 Å². The summed E-state index contributed by atoms with van der Waals surface area (Å²) in [5, 5.41) is 3.21. The van der Waals surface area contributed by atoms with E-state index in [-0.39, 0.29) is 11.8 Å². The van der Waals surface area contributed by atoms with Gasteiger partial charge in [0.2, 0.25) is 0 Å². The summed E-state index contributed by atoms with van der Waals surface area (Å²) >= 11 is 0. The van der Waals surface area contributed by atoms with Crippen molar-refractivity contribution in [1.82, 2.24) is 10.2 Å². The number of hydrogen-bond acceptors (Lipinski definition) is 2. The third kappa shape index (κ3) is 4.17. The number of nitrogens with one attached hydrogen (secondary N) is 1. The van der Waals surface area contributed by atoms with Gasteiger partial charge >= 0.3 is 6.18 Å². The summed E-state index contributed by atoms with van der Waals surface area (Å²) in [6.45, 7) is 1.63. The Kier molecular flexibility index (Phi) is 5.15. The minimum absolute atomic E-state index is 0.0414. The fraction of sp³-hybridized carbons (Fsp3) is 0.435. The van der Waals surface area contributed by atoms with Crippen LogP contribution in [-0.4, -0.2) is 30.9 Å². The Labute approximate surface area is 168 Å². The Balaban J connectivity index is 1.68. The summed E-state index contributed by atoms with van der Waals surface area (Å²) in [4.78, 5) is 15.5. The van der Waals surface area contributed by atoms with Crippen LogP contribution >= 0.6 is 0 Å². The maximum atomic E-state index is 13.3. The predicted octanol–water partition coefficient (Wildman–Crippen LogP) is 4.93. The number of rotatable bonds is 4. The number of hydrogen-bond donors (Lipinski definition) is 1. The molecule has 2 aromatic rings. The second kappa shape index (κ2) is 7.48. The van der Waals surface area contributed by atoms with E-state index < -0.39 is 17.3 Å². The molecule has 0 aromatic heterocycles. The number of likely N-dealkylation sites (tertiary alicyclic amines) is 1. The molecule has 2 aromatic carbocycles. The lowest BCUT2D eigenvalue weighted by atomic mass is 9.82. The zero-order valence-electron chi connectivity index (χ0n) is 16.4. The summed E-state index contributed by atoms with van der Waals surface area (Å²) in [5.41, 5.74) is 0.675. The van der Waals surface area contributed by atoms with Crippen LogP contribution in [0.25, 0.3) is 0 Å². The smallest absolute Gasteiger partial charge is 0.341 e. The molecule has 29 heavy (non-hydrogen) atoms. The third-order valence-electron chi connectivity index (χ3n) is 6.00. The van der Waals surface area contributed by atoms with Crippen molar-refractivity contribution in [3.8, 4) is 0 Å². The number of halogens is 3. The molecule has 1 amide bonds. The molecule has 1 aliphatic carbocycles. The fourth-order valence-corrected chi connectivity index (χ4v) is 4.40. The highest BCUT2D eigenvalue weighted by molar-refractivity contribution is 5.96. The molecule has 6 heteroatoms. The summed E-state index contributed by atoms with van der Waals surface area (Å²) in [6, 6.07) is 13.4. The lowest BCUT2D eigenvalue weighted by Crippen LogP contribution is -2.55. The highest BCUT2D eigenvalue weighted by Crippen LogP contribution is 2.44. The molecule has 3 nitrogen and oxygen atoms in total. The monoisotopic (exact) mass is 402 g/mol. The molecule has 0 radical (unpaired) electrons. The number of amides is 1. The zero-order chi connectivity index (χ0) is 20.6. The van der Waals surface area contributed by atoms with E-state index in [1.165, 1.54) is 6.07 Å². The van der Waals surface area contributed by atoms with Crippen molar-refractivity contribution in [2.45, 2.75) is 43.3 Å². The maximum absolute atomic E-state index is 13.3. The van der Waals surface area contributed by atoms with Crippen molar-refractivity contribution in [2.24, 2.45) is 0 Å². The molecule has 0 spiro atoms. The van der Waals surface area contributed by atoms with Crippen LogP contribution in [0.15, 0.2) is 48.5 Å². The summed E-state index contributed by atoms with van der Waals surface area (Å²) < 4.78 is 39.5. The number of carbonyl (C=O) groups is 1. The number of benzene rings is 2. The standard InChI is InChI=1S/C23H25F3N2O/c1-28-13-5-12-22(15-28,17-6-3-2-4-7-17)27-21(29)19-11-10-18(23(24,25)26)14-20(19)16-8-9-16/h2-4,6-7,10-11,14,16H,5,8-9,12-13,15H2,1H3,(H,27,29)/t22-/m1/s1. The van der Waals surface area contributed by atoms with Crippen molar-refractivity contribution in [1.29, 1.82) is 0 Å². The van der Waals surface area contributed by atoms with Crippen LogP contribution in [0.3, 0.4) is 0 Å². The van der Waals surface area contributed by atoms with Gasteiger partial charge in [-0.3, -0.25) is 4.79 Å². The molecule has 1 heterocycles. The fourth-order valence-electron chi connectivity index (χ4n) is 4.40. The summed E-state index contributed by atoms with van der Waals surface area (Å²) in [7, 11) is 2.02. The van der Waals surface area contributed by atoms with Gasteiger partial charge < -0.3 is 10.2 Å². The van der Waals surface area contributed by atoms with Crippen LogP contribution in [0.1, 0.15) is 58.6 Å². The molecule has 1 atom stereocenters. The van der Waals surface area contributed by atoms with E-state index in [9.17, 15) is 18.0 Å². The van der Waals surface area contributed by atoms with Gasteiger partial charge in [-0.2, -0.15) is 13.2 Å². The molecule has 2 aliphatic rings. The maximum Gasteiger partial charge on any atom is 0.416 e. The van der Waals surface area contributed by atoms with Crippen LogP contribution in [0, 0.1) is 0 Å². The molecule has 1 N–H and O–H groups in total. The van der Waals surface area contributed by atoms with Crippen LogP contribution in [0.5, 0.6) is 0 Å². The quantitative estimate of drug-likeness (QED) is 0.786. The molecule has 0 unspecified atom stereocenters. The largest absolute Gasteiger partial charge is 0.416 e. The number of alkyl halides is 3. The molecule has 1 aliphatic heterocycles. The SMILES string of the molecule is CN1CCC[C@](NC(=O)c2ccc(C(F)(F)F)cc2C2CC2)(c2ccccc2)C1. The van der Waals surface area contributed by atoms with E-state index in [2.05, 4.69) is 10.2 Å². The predicted molar refractivity (Wildman–Crippen MR) is 106 cm³/mol. The van der Waals surface area contributed by atoms with E-state index in [0.29, 0.717) is 17.7 Å². The number of piperidine rings is 1. The molecule has 154 valence electrons. The topological polar surface area (TPSA) is 32.3 Å². The minimum atomic E-state index is -4.41. The second-order valence-electron chi connectivity index (χ2n) is 8.32. The van der Waals surface area contributed by atoms with Gasteiger partial charge in [0.05, 0.1) is 11.1 Å². The van der Waals surface area contributed by atoms with E-state index >= 15 is 0 Å². The Hall–Kier alpha value is -2.34. The average molecular weight is 402 g/mol. The number of carbonyl (C=O) groups excluding carboxylic acids is 1. The molecule has 0 bridgehead atoms. The first kappa shape index (κ1) is 20.0. The Morgan fingerprint density at radius 2 is 1.86 bits per heavy atom. The molecule has 1 saturated heterocycles. The second-order valence-corrected chi connectivity index (χ2v) is 8.32.